The minimum absolute atomic E-state index is 0.0177. The van der Waals surface area contributed by atoms with Gasteiger partial charge in [0.05, 0.1) is 44.8 Å². The zero-order chi connectivity index (χ0) is 96.1. The summed E-state index contributed by atoms with van der Waals surface area (Å²) in [5.41, 5.74) is 8.63. The number of nitrogens with zero attached hydrogens (tertiary/aromatic N) is 4. The van der Waals surface area contributed by atoms with Crippen LogP contribution in [0.1, 0.15) is 257 Å². The molecule has 2 aromatic carbocycles. The first-order valence-electron chi connectivity index (χ1n) is 44.4. The molecule has 2 aliphatic heterocycles. The van der Waals surface area contributed by atoms with E-state index in [1.54, 1.807) is 34.6 Å². The van der Waals surface area contributed by atoms with Crippen LogP contribution in [0.25, 0.3) is 34.0 Å². The van der Waals surface area contributed by atoms with E-state index in [1.165, 1.54) is 23.9 Å². The molecule has 710 valence electrons. The number of amides is 5. The normalized spacial score (nSPS) is 22.6. The van der Waals surface area contributed by atoms with Gasteiger partial charge in [0.1, 0.15) is 43.5 Å². The molecule has 2 saturated carbocycles. The molecule has 5 amide bonds. The number of nitrogens with one attached hydrogen (secondary N) is 5. The minimum atomic E-state index is -2.32. The van der Waals surface area contributed by atoms with Gasteiger partial charge in [0.15, 0.2) is 22.7 Å². The topological polar surface area (TPSA) is 322 Å². The Morgan fingerprint density at radius 3 is 1.25 bits per heavy atom. The summed E-state index contributed by atoms with van der Waals surface area (Å²) in [6.07, 6.45) is 12.8. The first kappa shape index (κ1) is 110. The number of aliphatic hydroxyl groups excluding tert-OH is 1. The van der Waals surface area contributed by atoms with Gasteiger partial charge in [0.25, 0.3) is 26.0 Å². The highest BCUT2D eigenvalue weighted by atomic mass is 35.6. The van der Waals surface area contributed by atoms with Gasteiger partial charge in [-0.25, -0.2) is 10.9 Å². The van der Waals surface area contributed by atoms with Crippen LogP contribution in [0.4, 0.5) is 0 Å². The Bertz CT molecular complexity index is 4560. The Morgan fingerprint density at radius 2 is 0.890 bits per heavy atom. The quantitative estimate of drug-likeness (QED) is 0.0140. The van der Waals surface area contributed by atoms with Crippen LogP contribution in [-0.2, 0) is 70.6 Å². The number of hydrazine groups is 2. The smallest absolute Gasteiger partial charge is 0.325 e. The highest BCUT2D eigenvalue weighted by molar-refractivity contribution is 6.76. The number of rotatable bonds is 27. The van der Waals surface area contributed by atoms with Crippen LogP contribution < -0.4 is 26.8 Å². The van der Waals surface area contributed by atoms with Gasteiger partial charge >= 0.3 is 23.9 Å². The number of halogens is 6. The molecule has 4 aliphatic rings. The molecule has 2 saturated heterocycles. The lowest BCUT2D eigenvalue weighted by Crippen LogP contribution is -2.60. The average molecular weight is 1940 g/mol. The van der Waals surface area contributed by atoms with Crippen LogP contribution in [0.5, 0.6) is 0 Å². The molecule has 127 heavy (non-hydrogen) atoms. The van der Waals surface area contributed by atoms with E-state index >= 15 is 0 Å². The summed E-state index contributed by atoms with van der Waals surface area (Å²) in [6, 6.07) is 16.7. The van der Waals surface area contributed by atoms with E-state index in [0.29, 0.717) is 77.3 Å². The largest absolute Gasteiger partial charge is 0.518 e. The molecule has 34 heteroatoms. The van der Waals surface area contributed by atoms with Gasteiger partial charge in [0, 0.05) is 36.5 Å². The predicted octanol–water partition coefficient (Wildman–Crippen LogP) is 19.4. The summed E-state index contributed by atoms with van der Waals surface area (Å²) < 4.78 is 33.1. The van der Waals surface area contributed by atoms with Crippen LogP contribution in [-0.4, -0.2) is 185 Å². The molecule has 6 N–H and O–H groups in total. The van der Waals surface area contributed by atoms with Gasteiger partial charge in [0.2, 0.25) is 19.4 Å². The fourth-order valence-electron chi connectivity index (χ4n) is 14.5. The third kappa shape index (κ3) is 31.7. The first-order valence-corrected chi connectivity index (χ1v) is 55.4. The van der Waals surface area contributed by atoms with Crippen molar-refractivity contribution >= 4 is 182 Å². The number of fused-ring (bicyclic) bond motifs is 2. The average Bonchev–Trinajstić information content (AvgIpc) is 0.766. The number of aliphatic hydroxyl groups is 1. The van der Waals surface area contributed by atoms with E-state index in [4.69, 9.17) is 107 Å². The van der Waals surface area contributed by atoms with Gasteiger partial charge in [-0.2, -0.15) is 0 Å². The highest BCUT2D eigenvalue weighted by Crippen LogP contribution is 2.52. The molecule has 4 aromatic rings. The molecule has 0 bridgehead atoms. The SMILES string of the molecule is CC(=O)N[C@H](C)c1ccc2ccc(/C=C/C3(C(=O)O[Si](C)(C)C(C)(C)C)CCC(C)(O[Si](C)(C)C(C)(C)C)CC3)cc2n1.CC(C)[C@H](O)C(=O)N[C@@H](C)C(=O)N1CCC[C@@H](C(=O)OCC(Cl)(Cl)Cl)N1.CC(C)c1ccc2ccc(/C=C/C3(C(=O)O[C@H](C(=O)N[C@@H](C)C(=O)N4CCC[C@@H](C(=O)OCC(Cl)(Cl)Cl)N4)C(C)C)CCC(C)(O[Si](C)(C)C(C)(C)C)CC3)cc2n1. The lowest BCUT2D eigenvalue weighted by molar-refractivity contribution is -0.169. The Kier molecular flexibility index (Phi) is 38.4. The van der Waals surface area contributed by atoms with Crippen LogP contribution in [0.2, 0.25) is 54.4 Å². The lowest BCUT2D eigenvalue weighted by Gasteiger charge is -2.49. The molecule has 2 aromatic heterocycles. The molecule has 8 rings (SSSR count). The molecule has 0 radical (unpaired) electrons. The van der Waals surface area contributed by atoms with Crippen molar-refractivity contribution < 1.29 is 75.7 Å². The monoisotopic (exact) mass is 1940 g/mol. The fraction of sp³-hybridized carbons (Fsp3) is 0.667. The molecule has 0 spiro atoms. The summed E-state index contributed by atoms with van der Waals surface area (Å²) in [7, 11) is -6.43. The molecule has 2 aliphatic carbocycles. The van der Waals surface area contributed by atoms with Gasteiger partial charge < -0.3 is 48.5 Å². The van der Waals surface area contributed by atoms with E-state index in [-0.39, 0.29) is 50.5 Å². The maximum atomic E-state index is 14.6. The Hall–Kier alpha value is -5.84. The maximum absolute atomic E-state index is 14.6. The number of carbonyl (C=O) groups is 9. The zero-order valence-corrected chi connectivity index (χ0v) is 87.3. The van der Waals surface area contributed by atoms with Gasteiger partial charge in [-0.1, -0.05) is 234 Å². The van der Waals surface area contributed by atoms with Crippen molar-refractivity contribution in [2.45, 2.75) is 344 Å². The number of alkyl halides is 6. The second-order valence-electron chi connectivity index (χ2n) is 41.0. The van der Waals surface area contributed by atoms with Gasteiger partial charge in [-0.15, -0.1) is 0 Å². The van der Waals surface area contributed by atoms with Gasteiger partial charge in [-0.3, -0.25) is 63.1 Å². The van der Waals surface area contributed by atoms with E-state index in [1.807, 2.05) is 55.5 Å². The van der Waals surface area contributed by atoms with Crippen molar-refractivity contribution in [1.82, 2.24) is 46.8 Å². The lowest BCUT2D eigenvalue weighted by atomic mass is 9.68. The standard InChI is InChI=1S/C43H63Cl3N4O7Si.C35H56N2O4Si2.C15H24Cl3N3O5/c1-27(2)32-17-16-31-15-14-30(25-34(31)48-32)18-19-42(22-20-41(9,21-23-42)57-58(10,11)40(6,7)8)39(54)56-35(28(3)4)36(51)47-29(5)37(52)50-24-12-13-33(49-50)38(53)55-26-43(44,45)46;1-25(36-26(2)38)29-17-16-28-15-14-27(24-30(28)37-29)18-19-35(31(39)40-42(10,11)32(3,4)5)22-20-34(9,21-23-35)41-43(12,13)33(6,7)8;1-8(2)11(22)12(23)19-9(3)13(24)21-6-4-5-10(20-21)14(25)26-7-15(16,17)18/h14-19,25,27-29,33,35,49H,12-13,20-24,26H2,1-11H3,(H,47,51);14-19,24-25H,20-23H2,1-13H3,(H,36,38);8-11,20,22H,4-7H2,1-3H3,(H,19,23)/b2*19-18+;/t29-,33-,35-,41?,42?;25-,34?,35?;9-,10-,11-/m010/s1. The number of hydrogen-bond acceptors (Lipinski definition) is 20. The van der Waals surface area contributed by atoms with Crippen molar-refractivity contribution in [3.63, 3.8) is 0 Å². The molecule has 7 atom stereocenters. The van der Waals surface area contributed by atoms with Crippen LogP contribution in [0.3, 0.4) is 0 Å². The van der Waals surface area contributed by atoms with Crippen LogP contribution in [0, 0.1) is 22.7 Å². The minimum Gasteiger partial charge on any atom is -0.518 e. The molecule has 0 unspecified atom stereocenters. The number of pyridine rings is 2. The van der Waals surface area contributed by atoms with E-state index in [2.05, 4.69) is 193 Å². The molecular weight excluding hydrogens is 1800 g/mol. The van der Waals surface area contributed by atoms with Crippen molar-refractivity contribution in [1.29, 1.82) is 0 Å². The maximum Gasteiger partial charge on any atom is 0.325 e. The molecule has 4 heterocycles. The second kappa shape index (κ2) is 44.3. The van der Waals surface area contributed by atoms with Gasteiger partial charge in [-0.05, 0) is 219 Å². The number of benzene rings is 2. The summed E-state index contributed by atoms with van der Waals surface area (Å²) >= 11 is 33.8. The third-order valence-corrected chi connectivity index (χ3v) is 40.0. The van der Waals surface area contributed by atoms with Crippen LogP contribution >= 0.6 is 69.6 Å². The fourth-order valence-corrected chi connectivity index (χ4v) is 19.3. The Balaban J connectivity index is 0.000000316. The van der Waals surface area contributed by atoms with E-state index in [0.717, 1.165) is 57.2 Å². The summed E-state index contributed by atoms with van der Waals surface area (Å²) in [4.78, 5) is 126. The number of aromatic nitrogens is 2. The highest BCUT2D eigenvalue weighted by Gasteiger charge is 2.54. The zero-order valence-electron chi connectivity index (χ0n) is 79.8. The van der Waals surface area contributed by atoms with Crippen molar-refractivity contribution in [3.8, 4) is 0 Å². The third-order valence-electron chi connectivity index (χ3n) is 25.8. The number of carbonyl (C=O) groups excluding carboxylic acids is 9. The van der Waals surface area contributed by atoms with Crippen molar-refractivity contribution in [2.24, 2.45) is 22.7 Å². The van der Waals surface area contributed by atoms with E-state index in [9.17, 15) is 48.3 Å². The Morgan fingerprint density at radius 1 is 0.520 bits per heavy atom. The molecule has 25 nitrogen and oxygen atoms in total. The number of hydrogen-bond donors (Lipinski definition) is 6. The molecule has 4 fully saturated rings. The van der Waals surface area contributed by atoms with E-state index < -0.39 is 146 Å². The van der Waals surface area contributed by atoms with Crippen molar-refractivity contribution in [2.75, 3.05) is 26.3 Å². The number of esters is 3. The summed E-state index contributed by atoms with van der Waals surface area (Å²) in [5, 5.41) is 22.5. The summed E-state index contributed by atoms with van der Waals surface area (Å²) in [5.74, 6) is -4.52. The molecular formula is C93H143Cl6N9O16Si3. The van der Waals surface area contributed by atoms with Crippen LogP contribution in [0.15, 0.2) is 72.8 Å². The first-order chi connectivity index (χ1) is 58.2. The van der Waals surface area contributed by atoms with Crippen molar-refractivity contribution in [3.05, 3.63) is 95.3 Å². The number of ether oxygens (including phenoxy) is 3. The Labute approximate surface area is 787 Å². The predicted molar refractivity (Wildman–Crippen MR) is 515 cm³/mol. The summed E-state index contributed by atoms with van der Waals surface area (Å²) in [6.45, 7) is 55.3. The second-order valence-corrected chi connectivity index (χ2v) is 60.2.